The topological polar surface area (TPSA) is 22.4 Å². The van der Waals surface area contributed by atoms with Crippen LogP contribution in [0.15, 0.2) is 40.8 Å². The molecule has 178 valence electrons. The Kier molecular flexibility index (Phi) is 6.24. The first-order chi connectivity index (χ1) is 16.5. The lowest BCUT2D eigenvalue weighted by Gasteiger charge is -2.13. The molecule has 1 aliphatic carbocycles. The highest BCUT2D eigenvalue weighted by Gasteiger charge is 2.23. The zero-order valence-electron chi connectivity index (χ0n) is 19.0. The number of hydrogen-bond donors (Lipinski definition) is 0. The lowest BCUT2D eigenvalue weighted by atomic mass is 9.99. The third kappa shape index (κ3) is 4.04. The molecule has 1 aliphatic rings. The van der Waals surface area contributed by atoms with E-state index in [0.29, 0.717) is 34.7 Å². The molecule has 1 saturated carbocycles. The zero-order valence-corrected chi connectivity index (χ0v) is 19.0. The molecule has 0 spiro atoms. The Labute approximate surface area is 195 Å². The van der Waals surface area contributed by atoms with E-state index in [9.17, 15) is 8.78 Å². The number of fused-ring (bicyclic) bond motifs is 3. The van der Waals surface area contributed by atoms with Gasteiger partial charge in [-0.3, -0.25) is 0 Å². The predicted octanol–water partition coefficient (Wildman–Crippen LogP) is 8.20. The first kappa shape index (κ1) is 22.8. The van der Waals surface area contributed by atoms with Crippen LogP contribution in [0.2, 0.25) is 0 Å². The summed E-state index contributed by atoms with van der Waals surface area (Å²) in [5.41, 5.74) is 0.750. The van der Waals surface area contributed by atoms with Gasteiger partial charge < -0.3 is 9.15 Å². The Bertz CT molecular complexity index is 1350. The van der Waals surface area contributed by atoms with E-state index in [1.807, 2.05) is 6.92 Å². The summed E-state index contributed by atoms with van der Waals surface area (Å²) in [6, 6.07) is 9.66. The van der Waals surface area contributed by atoms with Gasteiger partial charge in [0.25, 0.3) is 0 Å². The van der Waals surface area contributed by atoms with E-state index in [4.69, 9.17) is 9.15 Å². The van der Waals surface area contributed by atoms with Crippen molar-refractivity contribution >= 4 is 21.9 Å². The standard InChI is InChI=1S/C28H26F4O2/c1-2-5-16-8-9-17(24(30)23(16)29)10-11-18-12-13-20-21-14-15-22(33-19-6-3-4-7-19)26(32)28(21)34-27(20)25(18)31/h8-9,12-15,19H,2-7,10-11H2,1H3. The summed E-state index contributed by atoms with van der Waals surface area (Å²) in [5, 5.41) is 0.931. The molecule has 0 aliphatic heterocycles. The lowest BCUT2D eigenvalue weighted by molar-refractivity contribution is 0.201. The number of benzene rings is 3. The molecule has 1 aromatic heterocycles. The highest BCUT2D eigenvalue weighted by atomic mass is 19.2. The largest absolute Gasteiger partial charge is 0.487 e. The molecular weight excluding hydrogens is 444 g/mol. The Morgan fingerprint density at radius 2 is 1.24 bits per heavy atom. The van der Waals surface area contributed by atoms with Gasteiger partial charge >= 0.3 is 0 Å². The second-order valence-corrected chi connectivity index (χ2v) is 9.06. The molecule has 3 aromatic carbocycles. The molecule has 1 heterocycles. The SMILES string of the molecule is CCCc1ccc(CCc2ccc3c(oc4c(F)c(OC5CCCC5)ccc43)c2F)c(F)c1F. The van der Waals surface area contributed by atoms with Crippen molar-refractivity contribution in [3.8, 4) is 5.75 Å². The van der Waals surface area contributed by atoms with Crippen LogP contribution in [0, 0.1) is 23.3 Å². The lowest BCUT2D eigenvalue weighted by Crippen LogP contribution is -2.11. The van der Waals surface area contributed by atoms with E-state index >= 15 is 8.78 Å². The highest BCUT2D eigenvalue weighted by molar-refractivity contribution is 6.05. The molecule has 0 unspecified atom stereocenters. The van der Waals surface area contributed by atoms with Crippen LogP contribution in [0.3, 0.4) is 0 Å². The molecule has 0 N–H and O–H groups in total. The molecule has 0 atom stereocenters. The zero-order chi connectivity index (χ0) is 23.8. The fraction of sp³-hybridized carbons (Fsp3) is 0.357. The summed E-state index contributed by atoms with van der Waals surface area (Å²) in [6.07, 6.45) is 5.35. The van der Waals surface area contributed by atoms with Crippen molar-refractivity contribution in [2.45, 2.75) is 64.4 Å². The molecule has 34 heavy (non-hydrogen) atoms. The summed E-state index contributed by atoms with van der Waals surface area (Å²) in [4.78, 5) is 0. The summed E-state index contributed by atoms with van der Waals surface area (Å²) in [6.45, 7) is 1.90. The smallest absolute Gasteiger partial charge is 0.208 e. The van der Waals surface area contributed by atoms with Crippen LogP contribution in [-0.4, -0.2) is 6.10 Å². The molecule has 0 saturated heterocycles. The summed E-state index contributed by atoms with van der Waals surface area (Å²) in [5.74, 6) is -2.85. The average molecular weight is 471 g/mol. The van der Waals surface area contributed by atoms with Crippen LogP contribution in [0.25, 0.3) is 21.9 Å². The van der Waals surface area contributed by atoms with E-state index in [1.54, 1.807) is 36.4 Å². The fourth-order valence-electron chi connectivity index (χ4n) is 4.88. The van der Waals surface area contributed by atoms with Crippen LogP contribution in [0.4, 0.5) is 17.6 Å². The van der Waals surface area contributed by atoms with Gasteiger partial charge in [0.1, 0.15) is 0 Å². The van der Waals surface area contributed by atoms with Gasteiger partial charge in [-0.05, 0) is 79.8 Å². The molecule has 0 bridgehead atoms. The summed E-state index contributed by atoms with van der Waals surface area (Å²) < 4.78 is 70.6. The van der Waals surface area contributed by atoms with Crippen molar-refractivity contribution < 1.29 is 26.7 Å². The van der Waals surface area contributed by atoms with Crippen molar-refractivity contribution in [1.29, 1.82) is 0 Å². The monoisotopic (exact) mass is 470 g/mol. The van der Waals surface area contributed by atoms with E-state index in [0.717, 1.165) is 25.7 Å². The Morgan fingerprint density at radius 3 is 1.88 bits per heavy atom. The molecular formula is C28H26F4O2. The van der Waals surface area contributed by atoms with Gasteiger partial charge in [0.2, 0.25) is 5.82 Å². The number of halogens is 4. The quantitative estimate of drug-likeness (QED) is 0.254. The van der Waals surface area contributed by atoms with Gasteiger partial charge in [-0.15, -0.1) is 0 Å². The van der Waals surface area contributed by atoms with Gasteiger partial charge in [-0.2, -0.15) is 4.39 Å². The number of rotatable bonds is 7. The summed E-state index contributed by atoms with van der Waals surface area (Å²) in [7, 11) is 0. The van der Waals surface area contributed by atoms with Gasteiger partial charge in [0, 0.05) is 10.8 Å². The molecule has 6 heteroatoms. The van der Waals surface area contributed by atoms with E-state index in [-0.39, 0.29) is 41.4 Å². The number of aryl methyl sites for hydroxylation is 3. The van der Waals surface area contributed by atoms with Crippen molar-refractivity contribution in [3.63, 3.8) is 0 Å². The Hall–Kier alpha value is -3.02. The maximum Gasteiger partial charge on any atom is 0.208 e. The minimum atomic E-state index is -0.881. The van der Waals surface area contributed by atoms with Crippen molar-refractivity contribution in [2.75, 3.05) is 0 Å². The van der Waals surface area contributed by atoms with Crippen molar-refractivity contribution in [2.24, 2.45) is 0 Å². The van der Waals surface area contributed by atoms with Crippen molar-refractivity contribution in [1.82, 2.24) is 0 Å². The molecule has 0 radical (unpaired) electrons. The van der Waals surface area contributed by atoms with Gasteiger partial charge in [0.15, 0.2) is 34.4 Å². The van der Waals surface area contributed by atoms with Gasteiger partial charge in [-0.1, -0.05) is 31.5 Å². The van der Waals surface area contributed by atoms with Crippen molar-refractivity contribution in [3.05, 3.63) is 76.4 Å². The average Bonchev–Trinajstić information content (AvgIpc) is 3.48. The summed E-state index contributed by atoms with van der Waals surface area (Å²) >= 11 is 0. The number of hydrogen-bond acceptors (Lipinski definition) is 2. The minimum Gasteiger partial charge on any atom is -0.487 e. The van der Waals surface area contributed by atoms with E-state index < -0.39 is 23.3 Å². The highest BCUT2D eigenvalue weighted by Crippen LogP contribution is 2.37. The molecule has 5 rings (SSSR count). The Balaban J connectivity index is 1.43. The first-order valence-electron chi connectivity index (χ1n) is 11.9. The maximum absolute atomic E-state index is 15.3. The maximum atomic E-state index is 15.3. The molecule has 0 amide bonds. The third-order valence-electron chi connectivity index (χ3n) is 6.75. The first-order valence-corrected chi connectivity index (χ1v) is 11.9. The third-order valence-corrected chi connectivity index (χ3v) is 6.75. The minimum absolute atomic E-state index is 0.0130. The second kappa shape index (κ2) is 9.32. The number of ether oxygens (including phenoxy) is 1. The van der Waals surface area contributed by atoms with E-state index in [2.05, 4.69) is 0 Å². The Morgan fingerprint density at radius 1 is 0.706 bits per heavy atom. The van der Waals surface area contributed by atoms with Crippen LogP contribution in [-0.2, 0) is 19.3 Å². The molecule has 2 nitrogen and oxygen atoms in total. The second-order valence-electron chi connectivity index (χ2n) is 9.06. The van der Waals surface area contributed by atoms with Gasteiger partial charge in [0.05, 0.1) is 6.10 Å². The number of furan rings is 1. The van der Waals surface area contributed by atoms with Gasteiger partial charge in [-0.25, -0.2) is 13.2 Å². The van der Waals surface area contributed by atoms with Crippen LogP contribution in [0.1, 0.15) is 55.7 Å². The molecule has 1 fully saturated rings. The fourth-order valence-corrected chi connectivity index (χ4v) is 4.88. The van der Waals surface area contributed by atoms with Crippen LogP contribution >= 0.6 is 0 Å². The normalized spacial score (nSPS) is 14.5. The van der Waals surface area contributed by atoms with E-state index in [1.165, 1.54) is 0 Å². The molecule has 4 aromatic rings. The van der Waals surface area contributed by atoms with Crippen LogP contribution in [0.5, 0.6) is 5.75 Å². The van der Waals surface area contributed by atoms with Crippen LogP contribution < -0.4 is 4.74 Å². The predicted molar refractivity (Wildman–Crippen MR) is 124 cm³/mol.